The maximum absolute atomic E-state index is 13.1. The van der Waals surface area contributed by atoms with Crippen molar-refractivity contribution >= 4 is 11.8 Å². The fourth-order valence-corrected chi connectivity index (χ4v) is 2.02. The number of carbonyl (C=O) groups excluding carboxylic acids is 2. The molecule has 2 aromatic rings. The van der Waals surface area contributed by atoms with Crippen LogP contribution < -0.4 is 15.8 Å². The molecule has 2 rings (SSSR count). The highest BCUT2D eigenvalue weighted by atomic mass is 19.1. The molecule has 3 N–H and O–H groups in total. The molecule has 2 aromatic carbocycles. The third-order valence-electron chi connectivity index (χ3n) is 3.18. The first-order valence-corrected chi connectivity index (χ1v) is 7.04. The molecule has 5 nitrogen and oxygen atoms in total. The van der Waals surface area contributed by atoms with Crippen LogP contribution in [0.5, 0.6) is 5.75 Å². The highest BCUT2D eigenvalue weighted by Gasteiger charge is 2.24. The molecule has 0 saturated carbocycles. The number of ether oxygens (including phenoxy) is 1. The van der Waals surface area contributed by atoms with Crippen LogP contribution in [0.2, 0.25) is 0 Å². The second-order valence-corrected chi connectivity index (χ2v) is 4.97. The maximum atomic E-state index is 13.1. The molecular weight excluding hydrogens is 299 g/mol. The van der Waals surface area contributed by atoms with E-state index in [1.165, 1.54) is 31.2 Å². The van der Waals surface area contributed by atoms with Crippen LogP contribution >= 0.6 is 0 Å². The zero-order valence-electron chi connectivity index (χ0n) is 12.5. The first-order chi connectivity index (χ1) is 11.0. The highest BCUT2D eigenvalue weighted by Crippen LogP contribution is 2.15. The Labute approximate surface area is 133 Å². The number of hydrogen-bond donors (Lipinski definition) is 2. The van der Waals surface area contributed by atoms with Gasteiger partial charge < -0.3 is 15.8 Å². The molecule has 2 atom stereocenters. The molecule has 23 heavy (non-hydrogen) atoms. The third-order valence-corrected chi connectivity index (χ3v) is 3.18. The molecule has 0 aliphatic rings. The van der Waals surface area contributed by atoms with Gasteiger partial charge in [-0.15, -0.1) is 0 Å². The minimum Gasteiger partial charge on any atom is -0.481 e. The molecule has 0 heterocycles. The molecule has 0 saturated heterocycles. The second-order valence-electron chi connectivity index (χ2n) is 4.97. The Morgan fingerprint density at radius 3 is 2.43 bits per heavy atom. The van der Waals surface area contributed by atoms with Crippen LogP contribution in [0.4, 0.5) is 4.39 Å². The van der Waals surface area contributed by atoms with E-state index in [1.54, 1.807) is 30.3 Å². The summed E-state index contributed by atoms with van der Waals surface area (Å²) in [6.07, 6.45) is -0.914. The molecule has 0 bridgehead atoms. The zero-order valence-corrected chi connectivity index (χ0v) is 12.5. The average molecular weight is 316 g/mol. The standard InChI is InChI=1S/C17H17FN2O3/c1-11(23-14-9-5-8-13(18)10-14)17(22)20-15(16(19)21)12-6-3-2-4-7-12/h2-11,15H,1H3,(H2,19,21)(H,20,22)/t11-,15+/m0/s1. The number of carbonyl (C=O) groups is 2. The summed E-state index contributed by atoms with van der Waals surface area (Å²) in [6, 6.07) is 13.2. The highest BCUT2D eigenvalue weighted by molar-refractivity contribution is 5.89. The number of benzene rings is 2. The summed E-state index contributed by atoms with van der Waals surface area (Å²) in [7, 11) is 0. The second kappa shape index (κ2) is 7.40. The molecule has 0 aromatic heterocycles. The zero-order chi connectivity index (χ0) is 16.8. The van der Waals surface area contributed by atoms with E-state index in [1.807, 2.05) is 0 Å². The minimum atomic E-state index is -0.956. The Kier molecular flexibility index (Phi) is 5.30. The molecule has 120 valence electrons. The van der Waals surface area contributed by atoms with Crippen molar-refractivity contribution < 1.29 is 18.7 Å². The Morgan fingerprint density at radius 1 is 1.13 bits per heavy atom. The Balaban J connectivity index is 2.05. The fourth-order valence-electron chi connectivity index (χ4n) is 2.02. The monoisotopic (exact) mass is 316 g/mol. The Hall–Kier alpha value is -2.89. The quantitative estimate of drug-likeness (QED) is 0.854. The lowest BCUT2D eigenvalue weighted by atomic mass is 10.1. The minimum absolute atomic E-state index is 0.225. The summed E-state index contributed by atoms with van der Waals surface area (Å²) in [4.78, 5) is 23.8. The number of nitrogens with two attached hydrogens (primary N) is 1. The Bertz CT molecular complexity index is 691. The summed E-state index contributed by atoms with van der Waals surface area (Å²) in [5.41, 5.74) is 5.92. The lowest BCUT2D eigenvalue weighted by Gasteiger charge is -2.19. The van der Waals surface area contributed by atoms with Gasteiger partial charge in [-0.3, -0.25) is 9.59 Å². The van der Waals surface area contributed by atoms with Crippen molar-refractivity contribution in [2.75, 3.05) is 0 Å². The van der Waals surface area contributed by atoms with Crippen molar-refractivity contribution in [3.8, 4) is 5.75 Å². The molecular formula is C17H17FN2O3. The summed E-state index contributed by atoms with van der Waals surface area (Å²) < 4.78 is 18.5. The molecule has 2 amide bonds. The van der Waals surface area contributed by atoms with Crippen LogP contribution in [0.25, 0.3) is 0 Å². The Morgan fingerprint density at radius 2 is 1.83 bits per heavy atom. The number of nitrogens with one attached hydrogen (secondary N) is 1. The van der Waals surface area contributed by atoms with Crippen molar-refractivity contribution in [2.45, 2.75) is 19.1 Å². The normalized spacial score (nSPS) is 13.0. The predicted molar refractivity (Wildman–Crippen MR) is 83.0 cm³/mol. The van der Waals surface area contributed by atoms with Crippen LogP contribution in [-0.2, 0) is 9.59 Å². The molecule has 0 spiro atoms. The number of hydrogen-bond acceptors (Lipinski definition) is 3. The van der Waals surface area contributed by atoms with Crippen LogP contribution in [0.15, 0.2) is 54.6 Å². The van der Waals surface area contributed by atoms with Gasteiger partial charge in [-0.1, -0.05) is 36.4 Å². The van der Waals surface area contributed by atoms with Gasteiger partial charge in [0.05, 0.1) is 0 Å². The lowest BCUT2D eigenvalue weighted by molar-refractivity contribution is -0.131. The van der Waals surface area contributed by atoms with Crippen molar-refractivity contribution in [1.29, 1.82) is 0 Å². The van der Waals surface area contributed by atoms with E-state index in [0.717, 1.165) is 0 Å². The van der Waals surface area contributed by atoms with Crippen molar-refractivity contribution in [3.63, 3.8) is 0 Å². The molecule has 0 radical (unpaired) electrons. The van der Waals surface area contributed by atoms with E-state index in [4.69, 9.17) is 10.5 Å². The van der Waals surface area contributed by atoms with Crippen molar-refractivity contribution in [2.24, 2.45) is 5.73 Å². The van der Waals surface area contributed by atoms with E-state index >= 15 is 0 Å². The average Bonchev–Trinajstić information content (AvgIpc) is 2.52. The van der Waals surface area contributed by atoms with Crippen molar-refractivity contribution in [3.05, 3.63) is 66.0 Å². The van der Waals surface area contributed by atoms with E-state index in [-0.39, 0.29) is 5.75 Å². The summed E-state index contributed by atoms with van der Waals surface area (Å²) in [6.45, 7) is 1.50. The van der Waals surface area contributed by atoms with E-state index in [9.17, 15) is 14.0 Å². The molecule has 0 fully saturated rings. The van der Waals surface area contributed by atoms with Gasteiger partial charge in [-0.25, -0.2) is 4.39 Å². The largest absolute Gasteiger partial charge is 0.481 e. The summed E-state index contributed by atoms with van der Waals surface area (Å²) in [5.74, 6) is -1.44. The maximum Gasteiger partial charge on any atom is 0.261 e. The molecule has 0 unspecified atom stereocenters. The van der Waals surface area contributed by atoms with Gasteiger partial charge in [-0.2, -0.15) is 0 Å². The van der Waals surface area contributed by atoms with Gasteiger partial charge in [0.2, 0.25) is 5.91 Å². The molecule has 0 aliphatic carbocycles. The number of rotatable bonds is 6. The van der Waals surface area contributed by atoms with Gasteiger partial charge in [0.15, 0.2) is 6.10 Å². The SMILES string of the molecule is C[C@H](Oc1cccc(F)c1)C(=O)N[C@@H](C(N)=O)c1ccccc1. The van der Waals surface area contributed by atoms with E-state index < -0.39 is 29.8 Å². The fraction of sp³-hybridized carbons (Fsp3) is 0.176. The third kappa shape index (κ3) is 4.54. The lowest BCUT2D eigenvalue weighted by Crippen LogP contribution is -2.43. The first-order valence-electron chi connectivity index (χ1n) is 7.04. The van der Waals surface area contributed by atoms with E-state index in [2.05, 4.69) is 5.32 Å². The number of amides is 2. The molecule has 0 aliphatic heterocycles. The van der Waals surface area contributed by atoms with E-state index in [0.29, 0.717) is 5.56 Å². The van der Waals surface area contributed by atoms with Gasteiger partial charge in [-0.05, 0) is 24.6 Å². The van der Waals surface area contributed by atoms with Gasteiger partial charge >= 0.3 is 0 Å². The van der Waals surface area contributed by atoms with Gasteiger partial charge in [0.1, 0.15) is 17.6 Å². The summed E-state index contributed by atoms with van der Waals surface area (Å²) >= 11 is 0. The number of primary amides is 1. The van der Waals surface area contributed by atoms with Crippen LogP contribution in [0, 0.1) is 5.82 Å². The topological polar surface area (TPSA) is 81.4 Å². The van der Waals surface area contributed by atoms with Crippen LogP contribution in [-0.4, -0.2) is 17.9 Å². The molecule has 6 heteroatoms. The summed E-state index contributed by atoms with van der Waals surface area (Å²) in [5, 5.41) is 2.54. The van der Waals surface area contributed by atoms with Crippen LogP contribution in [0.3, 0.4) is 0 Å². The van der Waals surface area contributed by atoms with Crippen molar-refractivity contribution in [1.82, 2.24) is 5.32 Å². The van der Waals surface area contributed by atoms with Gasteiger partial charge in [0, 0.05) is 6.07 Å². The predicted octanol–water partition coefficient (Wildman–Crippen LogP) is 1.94. The van der Waals surface area contributed by atoms with Crippen LogP contribution in [0.1, 0.15) is 18.5 Å². The first kappa shape index (κ1) is 16.5. The smallest absolute Gasteiger partial charge is 0.261 e. The number of halogens is 1. The van der Waals surface area contributed by atoms with Gasteiger partial charge in [0.25, 0.3) is 5.91 Å².